The van der Waals surface area contributed by atoms with Crippen LogP contribution < -0.4 is 10.1 Å². The fourth-order valence-corrected chi connectivity index (χ4v) is 4.80. The van der Waals surface area contributed by atoms with Gasteiger partial charge in [0, 0.05) is 11.5 Å². The van der Waals surface area contributed by atoms with E-state index in [-0.39, 0.29) is 5.41 Å². The van der Waals surface area contributed by atoms with Crippen LogP contribution in [0.4, 0.5) is 5.69 Å². The van der Waals surface area contributed by atoms with Crippen molar-refractivity contribution in [3.63, 3.8) is 0 Å². The quantitative estimate of drug-likeness (QED) is 0.800. The summed E-state index contributed by atoms with van der Waals surface area (Å²) in [4.78, 5) is 0. The molecule has 1 aromatic carbocycles. The van der Waals surface area contributed by atoms with Gasteiger partial charge in [0.15, 0.2) is 0 Å². The third kappa shape index (κ3) is 2.80. The first kappa shape index (κ1) is 16.8. The Bertz CT molecular complexity index is 767. The molecule has 25 heavy (non-hydrogen) atoms. The van der Waals surface area contributed by atoms with Crippen molar-refractivity contribution < 1.29 is 9.26 Å². The summed E-state index contributed by atoms with van der Waals surface area (Å²) in [5, 5.41) is 8.76. The van der Waals surface area contributed by atoms with Gasteiger partial charge in [-0.05, 0) is 49.8 Å². The van der Waals surface area contributed by atoms with Crippen LogP contribution in [0.2, 0.25) is 5.02 Å². The maximum atomic E-state index is 6.31. The lowest BCUT2D eigenvalue weighted by molar-refractivity contribution is 0.392. The number of nitrogens with one attached hydrogen (secondary N) is 1. The van der Waals surface area contributed by atoms with Crippen molar-refractivity contribution in [1.82, 2.24) is 5.16 Å². The molecule has 1 N–H and O–H groups in total. The molecule has 4 rings (SSSR count). The van der Waals surface area contributed by atoms with E-state index in [4.69, 9.17) is 20.9 Å². The Morgan fingerprint density at radius 3 is 2.84 bits per heavy atom. The monoisotopic (exact) mass is 360 g/mol. The van der Waals surface area contributed by atoms with E-state index in [1.165, 1.54) is 43.2 Å². The number of nitrogens with zero attached hydrogens (tertiary/aromatic N) is 1. The normalized spacial score (nSPS) is 23.5. The number of hydrogen-bond acceptors (Lipinski definition) is 4. The molecular formula is C20H25ClN2O2. The molecule has 2 aliphatic rings. The molecule has 0 aliphatic heterocycles. The molecule has 0 saturated heterocycles. The highest BCUT2D eigenvalue weighted by molar-refractivity contribution is 6.32. The van der Waals surface area contributed by atoms with Crippen LogP contribution in [0.3, 0.4) is 0 Å². The third-order valence-electron chi connectivity index (χ3n) is 5.94. The highest BCUT2D eigenvalue weighted by atomic mass is 35.5. The number of aromatic nitrogens is 1. The molecule has 0 amide bonds. The van der Waals surface area contributed by atoms with Crippen LogP contribution >= 0.6 is 11.6 Å². The Morgan fingerprint density at radius 1 is 1.28 bits per heavy atom. The molecule has 4 nitrogen and oxygen atoms in total. The Hall–Kier alpha value is -1.68. The molecule has 0 bridgehead atoms. The minimum Gasteiger partial charge on any atom is -0.495 e. The standard InChI is InChI=1S/C20H25ClN2O2/c1-20(11-10-14-15(20)8-9-16(21)18(14)24-2)19-17(12-25-23-19)22-13-6-4-3-5-7-13/h8-9,12-13,22H,3-7,10-11H2,1-2H3. The zero-order valence-electron chi connectivity index (χ0n) is 14.9. The van der Waals surface area contributed by atoms with Crippen molar-refractivity contribution in [1.29, 1.82) is 0 Å². The SMILES string of the molecule is COc1c(Cl)ccc2c1CCC2(C)c1nocc1NC1CCCCC1. The Kier molecular flexibility index (Phi) is 4.40. The minimum atomic E-state index is -0.183. The van der Waals surface area contributed by atoms with E-state index in [0.717, 1.165) is 30.0 Å². The molecule has 1 heterocycles. The van der Waals surface area contributed by atoms with E-state index >= 15 is 0 Å². The summed E-state index contributed by atoms with van der Waals surface area (Å²) in [5.41, 5.74) is 4.30. The van der Waals surface area contributed by atoms with E-state index in [2.05, 4.69) is 23.5 Å². The van der Waals surface area contributed by atoms with E-state index in [0.29, 0.717) is 11.1 Å². The van der Waals surface area contributed by atoms with Gasteiger partial charge in [-0.25, -0.2) is 0 Å². The predicted molar refractivity (Wildman–Crippen MR) is 99.8 cm³/mol. The van der Waals surface area contributed by atoms with Gasteiger partial charge >= 0.3 is 0 Å². The Balaban J connectivity index is 1.69. The molecular weight excluding hydrogens is 336 g/mol. The van der Waals surface area contributed by atoms with Crippen molar-refractivity contribution in [2.45, 2.75) is 63.3 Å². The van der Waals surface area contributed by atoms with E-state index in [1.54, 1.807) is 13.4 Å². The third-order valence-corrected chi connectivity index (χ3v) is 6.24. The van der Waals surface area contributed by atoms with Crippen molar-refractivity contribution in [2.24, 2.45) is 0 Å². The fraction of sp³-hybridized carbons (Fsp3) is 0.550. The molecule has 1 fully saturated rings. The van der Waals surface area contributed by atoms with E-state index in [1.807, 2.05) is 6.07 Å². The lowest BCUT2D eigenvalue weighted by Crippen LogP contribution is -2.26. The van der Waals surface area contributed by atoms with Crippen molar-refractivity contribution >= 4 is 17.3 Å². The topological polar surface area (TPSA) is 47.3 Å². The maximum Gasteiger partial charge on any atom is 0.147 e. The Morgan fingerprint density at radius 2 is 2.08 bits per heavy atom. The number of anilines is 1. The second kappa shape index (κ2) is 6.56. The summed E-state index contributed by atoms with van der Waals surface area (Å²) in [6.45, 7) is 2.25. The summed E-state index contributed by atoms with van der Waals surface area (Å²) in [5.74, 6) is 0.799. The first-order chi connectivity index (χ1) is 12.1. The molecule has 134 valence electrons. The molecule has 0 radical (unpaired) electrons. The van der Waals surface area contributed by atoms with Crippen LogP contribution in [0.25, 0.3) is 0 Å². The van der Waals surface area contributed by atoms with Gasteiger partial charge in [0.2, 0.25) is 0 Å². The van der Waals surface area contributed by atoms with Gasteiger partial charge < -0.3 is 14.6 Å². The molecule has 1 aromatic heterocycles. The summed E-state index contributed by atoms with van der Waals surface area (Å²) in [6.07, 6.45) is 10.1. The number of halogens is 1. The largest absolute Gasteiger partial charge is 0.495 e. The van der Waals surface area contributed by atoms with Crippen molar-refractivity contribution in [3.8, 4) is 5.75 Å². The Labute approximate surface area is 153 Å². The first-order valence-electron chi connectivity index (χ1n) is 9.20. The summed E-state index contributed by atoms with van der Waals surface area (Å²) < 4.78 is 10.9. The molecule has 0 spiro atoms. The number of fused-ring (bicyclic) bond motifs is 1. The number of rotatable bonds is 4. The van der Waals surface area contributed by atoms with Gasteiger partial charge in [-0.3, -0.25) is 0 Å². The summed E-state index contributed by atoms with van der Waals surface area (Å²) in [7, 11) is 1.68. The lowest BCUT2D eigenvalue weighted by Gasteiger charge is -2.28. The minimum absolute atomic E-state index is 0.183. The molecule has 1 atom stereocenters. The number of hydrogen-bond donors (Lipinski definition) is 1. The average Bonchev–Trinajstić information content (AvgIpc) is 3.22. The lowest BCUT2D eigenvalue weighted by atomic mass is 9.80. The zero-order valence-corrected chi connectivity index (χ0v) is 15.7. The number of benzene rings is 1. The smallest absolute Gasteiger partial charge is 0.147 e. The van der Waals surface area contributed by atoms with Crippen LogP contribution in [-0.2, 0) is 11.8 Å². The number of ether oxygens (including phenoxy) is 1. The summed E-state index contributed by atoms with van der Waals surface area (Å²) in [6, 6.07) is 4.57. The average molecular weight is 361 g/mol. The zero-order chi connectivity index (χ0) is 17.4. The summed E-state index contributed by atoms with van der Waals surface area (Å²) >= 11 is 6.31. The van der Waals surface area contributed by atoms with Crippen LogP contribution in [0.1, 0.15) is 62.3 Å². The van der Waals surface area contributed by atoms with Crippen LogP contribution in [0, 0.1) is 0 Å². The fourth-order valence-electron chi connectivity index (χ4n) is 4.54. The molecule has 2 aliphatic carbocycles. The van der Waals surface area contributed by atoms with E-state index in [9.17, 15) is 0 Å². The highest BCUT2D eigenvalue weighted by Gasteiger charge is 2.42. The molecule has 1 unspecified atom stereocenters. The van der Waals surface area contributed by atoms with Crippen molar-refractivity contribution in [2.75, 3.05) is 12.4 Å². The van der Waals surface area contributed by atoms with E-state index < -0.39 is 0 Å². The predicted octanol–water partition coefficient (Wildman–Crippen LogP) is 5.33. The van der Waals surface area contributed by atoms with Gasteiger partial charge in [0.25, 0.3) is 0 Å². The molecule has 2 aromatic rings. The first-order valence-corrected chi connectivity index (χ1v) is 9.58. The highest BCUT2D eigenvalue weighted by Crippen LogP contribution is 2.50. The van der Waals surface area contributed by atoms with Crippen LogP contribution in [0.15, 0.2) is 22.9 Å². The van der Waals surface area contributed by atoms with Crippen LogP contribution in [0.5, 0.6) is 5.75 Å². The molecule has 5 heteroatoms. The van der Waals surface area contributed by atoms with Crippen molar-refractivity contribution in [3.05, 3.63) is 40.2 Å². The maximum absolute atomic E-state index is 6.31. The second-order valence-corrected chi connectivity index (χ2v) is 7.90. The van der Waals surface area contributed by atoms with Gasteiger partial charge in [-0.1, -0.05) is 42.1 Å². The van der Waals surface area contributed by atoms with Gasteiger partial charge in [0.05, 0.1) is 17.8 Å². The van der Waals surface area contributed by atoms with Gasteiger partial charge in [0.1, 0.15) is 17.7 Å². The van der Waals surface area contributed by atoms with Gasteiger partial charge in [-0.2, -0.15) is 0 Å². The van der Waals surface area contributed by atoms with Crippen LogP contribution in [-0.4, -0.2) is 18.3 Å². The molecule has 1 saturated carbocycles. The van der Waals surface area contributed by atoms with Gasteiger partial charge in [-0.15, -0.1) is 0 Å². The number of methoxy groups -OCH3 is 1. The second-order valence-electron chi connectivity index (χ2n) is 7.49.